The minimum absolute atomic E-state index is 0.00806. The molecule has 17 heavy (non-hydrogen) atoms. The predicted octanol–water partition coefficient (Wildman–Crippen LogP) is 1.66. The van der Waals surface area contributed by atoms with Gasteiger partial charge in [0, 0.05) is 6.07 Å². The van der Waals surface area contributed by atoms with Crippen LogP contribution in [0.1, 0.15) is 0 Å². The van der Waals surface area contributed by atoms with Gasteiger partial charge < -0.3 is 5.73 Å². The number of hydrogen-bond acceptors (Lipinski definition) is 5. The number of nitro benzene ring substituents is 1. The number of halogens is 2. The van der Waals surface area contributed by atoms with Crippen molar-refractivity contribution in [2.75, 3.05) is 5.73 Å². The van der Waals surface area contributed by atoms with Crippen LogP contribution in [0.5, 0.6) is 0 Å². The Morgan fingerprint density at radius 3 is 2.71 bits per heavy atom. The standard InChI is InChI=1S/C8H5BrFN5O2/c9-7-12-8(11)14(13-7)6-2-1-4(15(16)17)3-5(6)10/h1-3H,(H2,11,12,13). The third-order valence-electron chi connectivity index (χ3n) is 1.98. The Bertz CT molecular complexity index is 600. The number of nitrogens with two attached hydrogens (primary N) is 1. The number of nitrogen functional groups attached to an aromatic ring is 1. The molecule has 1 heterocycles. The molecular formula is C8H5BrFN5O2. The highest BCUT2D eigenvalue weighted by Crippen LogP contribution is 2.21. The summed E-state index contributed by atoms with van der Waals surface area (Å²) in [6, 6.07) is 3.17. The van der Waals surface area contributed by atoms with Crippen LogP contribution in [0.15, 0.2) is 22.9 Å². The van der Waals surface area contributed by atoms with Crippen molar-refractivity contribution in [1.29, 1.82) is 0 Å². The van der Waals surface area contributed by atoms with E-state index in [1.807, 2.05) is 0 Å². The van der Waals surface area contributed by atoms with E-state index in [2.05, 4.69) is 26.0 Å². The van der Waals surface area contributed by atoms with Gasteiger partial charge in [-0.1, -0.05) is 0 Å². The van der Waals surface area contributed by atoms with E-state index >= 15 is 0 Å². The second-order valence-electron chi connectivity index (χ2n) is 3.04. The topological polar surface area (TPSA) is 99.9 Å². The van der Waals surface area contributed by atoms with Gasteiger partial charge in [0.25, 0.3) is 5.69 Å². The molecule has 1 aromatic carbocycles. The second kappa shape index (κ2) is 4.09. The molecule has 0 bridgehead atoms. The molecule has 9 heteroatoms. The number of nitro groups is 1. The second-order valence-corrected chi connectivity index (χ2v) is 3.75. The minimum atomic E-state index is -0.802. The van der Waals surface area contributed by atoms with Gasteiger partial charge >= 0.3 is 0 Å². The molecule has 0 saturated heterocycles. The fraction of sp³-hybridized carbons (Fsp3) is 0. The zero-order chi connectivity index (χ0) is 12.6. The molecule has 0 aliphatic rings. The van der Waals surface area contributed by atoms with E-state index in [-0.39, 0.29) is 22.1 Å². The number of non-ortho nitro benzene ring substituents is 1. The van der Waals surface area contributed by atoms with Crippen LogP contribution in [0.3, 0.4) is 0 Å². The van der Waals surface area contributed by atoms with E-state index in [4.69, 9.17) is 5.73 Å². The molecular weight excluding hydrogens is 297 g/mol. The first-order chi connectivity index (χ1) is 7.99. The largest absolute Gasteiger partial charge is 0.368 e. The van der Waals surface area contributed by atoms with Crippen molar-refractivity contribution in [3.8, 4) is 5.69 Å². The predicted molar refractivity (Wildman–Crippen MR) is 60.1 cm³/mol. The molecule has 0 radical (unpaired) electrons. The first kappa shape index (κ1) is 11.5. The fourth-order valence-corrected chi connectivity index (χ4v) is 1.60. The lowest BCUT2D eigenvalue weighted by molar-refractivity contribution is -0.385. The maximum Gasteiger partial charge on any atom is 0.272 e. The van der Waals surface area contributed by atoms with E-state index < -0.39 is 10.7 Å². The van der Waals surface area contributed by atoms with Crippen LogP contribution < -0.4 is 5.73 Å². The Morgan fingerprint density at radius 1 is 1.53 bits per heavy atom. The average Bonchev–Trinajstić information content (AvgIpc) is 2.57. The summed E-state index contributed by atoms with van der Waals surface area (Å²) in [5.41, 5.74) is 5.15. The summed E-state index contributed by atoms with van der Waals surface area (Å²) in [5.74, 6) is -0.826. The van der Waals surface area contributed by atoms with Crippen molar-refractivity contribution in [2.24, 2.45) is 0 Å². The highest BCUT2D eigenvalue weighted by molar-refractivity contribution is 9.10. The molecule has 0 saturated carbocycles. The maximum atomic E-state index is 13.6. The summed E-state index contributed by atoms with van der Waals surface area (Å²) in [6.07, 6.45) is 0. The minimum Gasteiger partial charge on any atom is -0.368 e. The lowest BCUT2D eigenvalue weighted by atomic mass is 10.2. The number of rotatable bonds is 2. The zero-order valence-electron chi connectivity index (χ0n) is 8.17. The third kappa shape index (κ3) is 2.09. The quantitative estimate of drug-likeness (QED) is 0.671. The van der Waals surface area contributed by atoms with Crippen LogP contribution in [0, 0.1) is 15.9 Å². The monoisotopic (exact) mass is 301 g/mol. The smallest absolute Gasteiger partial charge is 0.272 e. The van der Waals surface area contributed by atoms with Gasteiger partial charge in [-0.3, -0.25) is 10.1 Å². The van der Waals surface area contributed by atoms with E-state index in [0.29, 0.717) is 0 Å². The van der Waals surface area contributed by atoms with Crippen molar-refractivity contribution in [3.05, 3.63) is 38.9 Å². The van der Waals surface area contributed by atoms with Gasteiger partial charge in [-0.25, -0.2) is 4.39 Å². The average molecular weight is 302 g/mol. The maximum absolute atomic E-state index is 13.6. The first-order valence-electron chi connectivity index (χ1n) is 4.31. The Labute approximate surface area is 102 Å². The number of benzene rings is 1. The molecule has 2 N–H and O–H groups in total. The van der Waals surface area contributed by atoms with E-state index in [9.17, 15) is 14.5 Å². The summed E-state index contributed by atoms with van der Waals surface area (Å²) in [5, 5.41) is 14.2. The van der Waals surface area contributed by atoms with Crippen LogP contribution in [0.25, 0.3) is 5.69 Å². The summed E-state index contributed by atoms with van der Waals surface area (Å²) in [6.45, 7) is 0. The van der Waals surface area contributed by atoms with Gasteiger partial charge in [-0.05, 0) is 22.0 Å². The van der Waals surface area contributed by atoms with Gasteiger partial charge in [0.15, 0.2) is 5.82 Å². The van der Waals surface area contributed by atoms with Crippen LogP contribution >= 0.6 is 15.9 Å². The number of anilines is 1. The molecule has 0 fully saturated rings. The molecule has 0 spiro atoms. The lowest BCUT2D eigenvalue weighted by Crippen LogP contribution is -2.05. The zero-order valence-corrected chi connectivity index (χ0v) is 9.76. The number of hydrogen-bond donors (Lipinski definition) is 1. The molecule has 0 unspecified atom stereocenters. The highest BCUT2D eigenvalue weighted by atomic mass is 79.9. The van der Waals surface area contributed by atoms with Gasteiger partial charge in [-0.2, -0.15) is 9.67 Å². The molecule has 0 aliphatic carbocycles. The van der Waals surface area contributed by atoms with Crippen LogP contribution in [-0.2, 0) is 0 Å². The van der Waals surface area contributed by atoms with Crippen molar-refractivity contribution in [1.82, 2.24) is 14.8 Å². The third-order valence-corrected chi connectivity index (χ3v) is 2.31. The summed E-state index contributed by atoms with van der Waals surface area (Å²) in [7, 11) is 0. The fourth-order valence-electron chi connectivity index (χ4n) is 1.26. The molecule has 0 atom stereocenters. The first-order valence-corrected chi connectivity index (χ1v) is 5.10. The van der Waals surface area contributed by atoms with E-state index in [1.165, 1.54) is 6.07 Å². The molecule has 7 nitrogen and oxygen atoms in total. The molecule has 1 aromatic heterocycles. The van der Waals surface area contributed by atoms with Crippen LogP contribution in [0.4, 0.5) is 16.0 Å². The van der Waals surface area contributed by atoms with Gasteiger partial charge in [0.1, 0.15) is 5.69 Å². The molecule has 2 rings (SSSR count). The van der Waals surface area contributed by atoms with Crippen LogP contribution in [0.2, 0.25) is 0 Å². The van der Waals surface area contributed by atoms with Crippen LogP contribution in [-0.4, -0.2) is 19.7 Å². The van der Waals surface area contributed by atoms with Crippen molar-refractivity contribution >= 4 is 27.6 Å². The van der Waals surface area contributed by atoms with Crippen molar-refractivity contribution in [3.63, 3.8) is 0 Å². The van der Waals surface area contributed by atoms with Crippen molar-refractivity contribution < 1.29 is 9.31 Å². The van der Waals surface area contributed by atoms with Crippen molar-refractivity contribution in [2.45, 2.75) is 0 Å². The Hall–Kier alpha value is -2.03. The Morgan fingerprint density at radius 2 is 2.24 bits per heavy atom. The molecule has 0 amide bonds. The van der Waals surface area contributed by atoms with Gasteiger partial charge in [0.2, 0.25) is 10.7 Å². The molecule has 2 aromatic rings. The molecule has 0 aliphatic heterocycles. The van der Waals surface area contributed by atoms with Gasteiger partial charge in [0.05, 0.1) is 11.0 Å². The highest BCUT2D eigenvalue weighted by Gasteiger charge is 2.15. The lowest BCUT2D eigenvalue weighted by Gasteiger charge is -2.03. The SMILES string of the molecule is Nc1nc(Br)nn1-c1ccc([N+](=O)[O-])cc1F. The summed E-state index contributed by atoms with van der Waals surface area (Å²) < 4.78 is 14.9. The number of nitrogens with zero attached hydrogens (tertiary/aromatic N) is 4. The Kier molecular flexibility index (Phi) is 2.76. The van der Waals surface area contributed by atoms with E-state index in [1.54, 1.807) is 0 Å². The normalized spacial score (nSPS) is 10.5. The summed E-state index contributed by atoms with van der Waals surface area (Å²) in [4.78, 5) is 13.5. The molecule has 88 valence electrons. The summed E-state index contributed by atoms with van der Waals surface area (Å²) >= 11 is 2.99. The van der Waals surface area contributed by atoms with Gasteiger partial charge in [-0.15, -0.1) is 5.10 Å². The van der Waals surface area contributed by atoms with E-state index in [0.717, 1.165) is 16.8 Å². The Balaban J connectivity index is 2.54. The number of aromatic nitrogens is 3.